The number of benzene rings is 3. The Hall–Kier alpha value is -3.81. The Kier molecular flexibility index (Phi) is 10.4. The van der Waals surface area contributed by atoms with Crippen molar-refractivity contribution in [2.45, 2.75) is 32.4 Å². The number of anilines is 1. The first kappa shape index (κ1) is 28.2. The van der Waals surface area contributed by atoms with Gasteiger partial charge in [-0.15, -0.1) is 0 Å². The lowest BCUT2D eigenvalue weighted by Crippen LogP contribution is -2.45. The number of carboxylic acids is 1. The molecule has 0 bridgehead atoms. The van der Waals surface area contributed by atoms with Crippen molar-refractivity contribution in [3.05, 3.63) is 102 Å². The molecule has 1 aliphatic rings. The number of nitrogens with zero attached hydrogens (tertiary/aromatic N) is 2. The molecule has 1 atom stereocenters. The van der Waals surface area contributed by atoms with Crippen LogP contribution in [0, 0.1) is 0 Å². The maximum atomic E-state index is 11.2. The average molecular weight is 531 g/mol. The van der Waals surface area contributed by atoms with E-state index in [1.165, 1.54) is 11.3 Å². The smallest absolute Gasteiger partial charge is 0.304 e. The second kappa shape index (κ2) is 14.4. The fraction of sp³-hybridized carbons (Fsp3) is 0.344. The second-order valence-electron chi connectivity index (χ2n) is 9.71. The van der Waals surface area contributed by atoms with Gasteiger partial charge in [-0.3, -0.25) is 9.69 Å². The number of hydrogen-bond donors (Lipinski definition) is 1. The minimum Gasteiger partial charge on any atom is -0.489 e. The lowest BCUT2D eigenvalue weighted by Gasteiger charge is -2.36. The summed E-state index contributed by atoms with van der Waals surface area (Å²) >= 11 is 0. The zero-order chi connectivity index (χ0) is 27.5. The maximum Gasteiger partial charge on any atom is 0.304 e. The van der Waals surface area contributed by atoms with Crippen LogP contribution in [0.4, 0.5) is 5.69 Å². The summed E-state index contributed by atoms with van der Waals surface area (Å²) in [6, 6.07) is 24.5. The highest BCUT2D eigenvalue weighted by molar-refractivity contribution is 5.68. The number of piperazine rings is 1. The molecule has 1 heterocycles. The highest BCUT2D eigenvalue weighted by Gasteiger charge is 2.17. The van der Waals surface area contributed by atoms with Crippen molar-refractivity contribution in [2.75, 3.05) is 45.0 Å². The topological polar surface area (TPSA) is 71.5 Å². The molecular formula is C32H38N2O5. The fourth-order valence-corrected chi connectivity index (χ4v) is 4.74. The largest absolute Gasteiger partial charge is 0.489 e. The van der Waals surface area contributed by atoms with Crippen molar-refractivity contribution in [3.8, 4) is 11.5 Å². The quantitative estimate of drug-likeness (QED) is 0.224. The van der Waals surface area contributed by atoms with Crippen LogP contribution in [-0.2, 0) is 22.7 Å². The van der Waals surface area contributed by atoms with Gasteiger partial charge in [-0.05, 0) is 60.0 Å². The van der Waals surface area contributed by atoms with Gasteiger partial charge in [-0.1, -0.05) is 48.6 Å². The number of ether oxygens (including phenoxy) is 3. The summed E-state index contributed by atoms with van der Waals surface area (Å²) in [6.07, 6.45) is 3.89. The van der Waals surface area contributed by atoms with Gasteiger partial charge >= 0.3 is 5.97 Å². The number of methoxy groups -OCH3 is 1. The summed E-state index contributed by atoms with van der Waals surface area (Å²) in [7, 11) is 1.62. The molecule has 7 nitrogen and oxygen atoms in total. The van der Waals surface area contributed by atoms with Crippen LogP contribution in [0.25, 0.3) is 0 Å². The summed E-state index contributed by atoms with van der Waals surface area (Å²) < 4.78 is 16.4. The molecular weight excluding hydrogens is 492 g/mol. The second-order valence-corrected chi connectivity index (χ2v) is 9.71. The van der Waals surface area contributed by atoms with Gasteiger partial charge in [0.25, 0.3) is 0 Å². The fourth-order valence-electron chi connectivity index (χ4n) is 4.74. The van der Waals surface area contributed by atoms with E-state index in [0.29, 0.717) is 6.61 Å². The van der Waals surface area contributed by atoms with E-state index in [1.807, 2.05) is 55.5 Å². The van der Waals surface area contributed by atoms with E-state index in [2.05, 4.69) is 46.2 Å². The molecule has 3 aromatic rings. The van der Waals surface area contributed by atoms with Crippen molar-refractivity contribution in [2.24, 2.45) is 0 Å². The van der Waals surface area contributed by atoms with Crippen molar-refractivity contribution in [1.82, 2.24) is 4.90 Å². The zero-order valence-corrected chi connectivity index (χ0v) is 22.8. The normalized spacial score (nSPS) is 14.9. The van der Waals surface area contributed by atoms with Gasteiger partial charge < -0.3 is 24.2 Å². The van der Waals surface area contributed by atoms with Gasteiger partial charge in [0.15, 0.2) is 6.79 Å². The molecule has 1 fully saturated rings. The zero-order valence-electron chi connectivity index (χ0n) is 22.8. The molecule has 7 heteroatoms. The third-order valence-corrected chi connectivity index (χ3v) is 6.88. The first-order valence-corrected chi connectivity index (χ1v) is 13.4. The molecule has 1 saturated heterocycles. The number of allylic oxidation sites excluding steroid dienone is 2. The molecule has 0 spiro atoms. The van der Waals surface area contributed by atoms with E-state index in [-0.39, 0.29) is 19.1 Å². The van der Waals surface area contributed by atoms with Crippen LogP contribution in [-0.4, -0.2) is 56.1 Å². The van der Waals surface area contributed by atoms with Gasteiger partial charge in [0, 0.05) is 51.4 Å². The highest BCUT2D eigenvalue weighted by atomic mass is 16.7. The Morgan fingerprint density at radius 2 is 1.49 bits per heavy atom. The van der Waals surface area contributed by atoms with Crippen LogP contribution in [0.1, 0.15) is 36.0 Å². The average Bonchev–Trinajstić information content (AvgIpc) is 2.96. The van der Waals surface area contributed by atoms with Crippen LogP contribution in [0.3, 0.4) is 0 Å². The Bertz CT molecular complexity index is 1180. The summed E-state index contributed by atoms with van der Waals surface area (Å²) in [5, 5.41) is 9.16. The number of carboxylic acid groups (broad SMARTS) is 1. The lowest BCUT2D eigenvalue weighted by molar-refractivity contribution is -0.137. The summed E-state index contributed by atoms with van der Waals surface area (Å²) in [5.41, 5.74) is 4.60. The third-order valence-electron chi connectivity index (χ3n) is 6.88. The van der Waals surface area contributed by atoms with Crippen molar-refractivity contribution in [3.63, 3.8) is 0 Å². The highest BCUT2D eigenvalue weighted by Crippen LogP contribution is 2.25. The van der Waals surface area contributed by atoms with Gasteiger partial charge in [0.2, 0.25) is 0 Å². The SMILES string of the molecule is CC=C[C@H](CC(=O)O)c1ccc(OCc2ccc(CN3CCN(c4ccc(OCOC)cc4)CC3)cc2)cc1. The van der Waals surface area contributed by atoms with E-state index >= 15 is 0 Å². The Morgan fingerprint density at radius 3 is 2.10 bits per heavy atom. The molecule has 3 aromatic carbocycles. The number of hydrogen-bond acceptors (Lipinski definition) is 6. The van der Waals surface area contributed by atoms with Crippen LogP contribution in [0.5, 0.6) is 11.5 Å². The molecule has 0 aliphatic carbocycles. The first-order valence-electron chi connectivity index (χ1n) is 13.4. The van der Waals surface area contributed by atoms with Crippen molar-refractivity contribution >= 4 is 11.7 Å². The molecule has 0 amide bonds. The molecule has 39 heavy (non-hydrogen) atoms. The molecule has 0 radical (unpaired) electrons. The van der Waals surface area contributed by atoms with Crippen LogP contribution >= 0.6 is 0 Å². The molecule has 206 valence electrons. The van der Waals surface area contributed by atoms with E-state index < -0.39 is 5.97 Å². The third kappa shape index (κ3) is 8.60. The summed E-state index contributed by atoms with van der Waals surface area (Å²) in [6.45, 7) is 7.61. The first-order chi connectivity index (χ1) is 19.0. The predicted octanol–water partition coefficient (Wildman–Crippen LogP) is 5.70. The van der Waals surface area contributed by atoms with E-state index in [1.54, 1.807) is 7.11 Å². The molecule has 0 saturated carbocycles. The van der Waals surface area contributed by atoms with Gasteiger partial charge in [0.05, 0.1) is 6.42 Å². The van der Waals surface area contributed by atoms with E-state index in [0.717, 1.165) is 55.3 Å². The Balaban J connectivity index is 1.21. The predicted molar refractivity (Wildman–Crippen MR) is 153 cm³/mol. The van der Waals surface area contributed by atoms with Gasteiger partial charge in [0.1, 0.15) is 18.1 Å². The lowest BCUT2D eigenvalue weighted by atomic mass is 9.95. The van der Waals surface area contributed by atoms with Crippen molar-refractivity contribution < 1.29 is 24.1 Å². The number of carbonyl (C=O) groups is 1. The Morgan fingerprint density at radius 1 is 0.872 bits per heavy atom. The minimum atomic E-state index is -0.806. The van der Waals surface area contributed by atoms with Crippen LogP contribution in [0.2, 0.25) is 0 Å². The van der Waals surface area contributed by atoms with Crippen LogP contribution < -0.4 is 14.4 Å². The van der Waals surface area contributed by atoms with Crippen LogP contribution in [0.15, 0.2) is 84.9 Å². The molecule has 0 aromatic heterocycles. The maximum absolute atomic E-state index is 11.2. The Labute approximate surface area is 231 Å². The van der Waals surface area contributed by atoms with E-state index in [9.17, 15) is 4.79 Å². The van der Waals surface area contributed by atoms with Gasteiger partial charge in [-0.2, -0.15) is 0 Å². The standard InChI is InChI=1S/C32H38N2O5/c1-3-4-28(21-32(35)36)27-9-13-30(14-10-27)38-23-26-7-5-25(6-8-26)22-33-17-19-34(20-18-33)29-11-15-31(16-12-29)39-24-37-2/h3-16,28H,17-24H2,1-2H3,(H,35,36)/t28-/m1/s1. The minimum absolute atomic E-state index is 0.0753. The summed E-state index contributed by atoms with van der Waals surface area (Å²) in [4.78, 5) is 16.1. The molecule has 4 rings (SSSR count). The van der Waals surface area contributed by atoms with E-state index in [4.69, 9.17) is 19.3 Å². The van der Waals surface area contributed by atoms with Crippen molar-refractivity contribution in [1.29, 1.82) is 0 Å². The molecule has 0 unspecified atom stereocenters. The summed E-state index contributed by atoms with van der Waals surface area (Å²) in [5.74, 6) is 0.648. The molecule has 1 N–H and O–H groups in total. The number of rotatable bonds is 13. The number of aliphatic carboxylic acids is 1. The monoisotopic (exact) mass is 530 g/mol. The van der Waals surface area contributed by atoms with Gasteiger partial charge in [-0.25, -0.2) is 0 Å². The molecule has 1 aliphatic heterocycles.